The van der Waals surface area contributed by atoms with E-state index in [1.54, 1.807) is 13.0 Å². The Balaban J connectivity index is 3.62. The Bertz CT molecular complexity index is 131. The van der Waals surface area contributed by atoms with E-state index in [9.17, 15) is 4.79 Å². The topological polar surface area (TPSA) is 46.5 Å². The van der Waals surface area contributed by atoms with Gasteiger partial charge in [0.1, 0.15) is 0 Å². The van der Waals surface area contributed by atoms with E-state index in [0.29, 0.717) is 6.61 Å². The predicted molar refractivity (Wildman–Crippen MR) is 42.0 cm³/mol. The third-order valence-electron chi connectivity index (χ3n) is 1.30. The van der Waals surface area contributed by atoms with Crippen molar-refractivity contribution < 1.29 is 14.6 Å². The molecule has 0 bridgehead atoms. The van der Waals surface area contributed by atoms with E-state index < -0.39 is 0 Å². The SMILES string of the molecule is C=CC(CO)CC(=O)OCC. The molecule has 1 N–H and O–H groups in total. The Morgan fingerprint density at radius 1 is 1.82 bits per heavy atom. The molecule has 0 spiro atoms. The molecule has 0 aliphatic heterocycles. The molecule has 0 aromatic heterocycles. The van der Waals surface area contributed by atoms with E-state index in [1.165, 1.54) is 0 Å². The number of hydrogen-bond donors (Lipinski definition) is 1. The van der Waals surface area contributed by atoms with Gasteiger partial charge in [-0.25, -0.2) is 0 Å². The molecule has 0 aromatic rings. The molecule has 1 atom stereocenters. The lowest BCUT2D eigenvalue weighted by atomic mass is 10.1. The predicted octanol–water partition coefficient (Wildman–Crippen LogP) is 0.734. The summed E-state index contributed by atoms with van der Waals surface area (Å²) in [6, 6.07) is 0. The summed E-state index contributed by atoms with van der Waals surface area (Å²) in [5.74, 6) is -0.458. The zero-order valence-corrected chi connectivity index (χ0v) is 6.75. The molecule has 0 aromatic carbocycles. The average molecular weight is 158 g/mol. The van der Waals surface area contributed by atoms with Crippen molar-refractivity contribution in [1.82, 2.24) is 0 Å². The van der Waals surface area contributed by atoms with Crippen LogP contribution in [0.5, 0.6) is 0 Å². The molecule has 0 saturated carbocycles. The number of carbonyl (C=O) groups is 1. The Morgan fingerprint density at radius 3 is 2.82 bits per heavy atom. The third kappa shape index (κ3) is 4.56. The molecule has 0 amide bonds. The van der Waals surface area contributed by atoms with Gasteiger partial charge in [0.2, 0.25) is 0 Å². The van der Waals surface area contributed by atoms with E-state index in [-0.39, 0.29) is 24.9 Å². The summed E-state index contributed by atoms with van der Waals surface area (Å²) in [7, 11) is 0. The van der Waals surface area contributed by atoms with E-state index in [2.05, 4.69) is 11.3 Å². The lowest BCUT2D eigenvalue weighted by Gasteiger charge is -2.06. The first-order valence-electron chi connectivity index (χ1n) is 3.63. The van der Waals surface area contributed by atoms with Gasteiger partial charge >= 0.3 is 5.97 Å². The van der Waals surface area contributed by atoms with Gasteiger partial charge in [-0.2, -0.15) is 0 Å². The first-order valence-corrected chi connectivity index (χ1v) is 3.63. The smallest absolute Gasteiger partial charge is 0.306 e. The molecule has 0 fully saturated rings. The van der Waals surface area contributed by atoms with Crippen LogP contribution >= 0.6 is 0 Å². The molecule has 0 saturated heterocycles. The van der Waals surface area contributed by atoms with E-state index >= 15 is 0 Å². The number of rotatable bonds is 5. The van der Waals surface area contributed by atoms with Crippen LogP contribution in [0, 0.1) is 5.92 Å². The minimum absolute atomic E-state index is 0.0533. The Labute approximate surface area is 66.7 Å². The van der Waals surface area contributed by atoms with Crippen molar-refractivity contribution in [3.8, 4) is 0 Å². The largest absolute Gasteiger partial charge is 0.466 e. The number of carbonyl (C=O) groups excluding carboxylic acids is 1. The molecular formula is C8H14O3. The summed E-state index contributed by atoms with van der Waals surface area (Å²) in [6.07, 6.45) is 1.77. The summed E-state index contributed by atoms with van der Waals surface area (Å²) < 4.78 is 4.68. The van der Waals surface area contributed by atoms with Crippen molar-refractivity contribution in [1.29, 1.82) is 0 Å². The third-order valence-corrected chi connectivity index (χ3v) is 1.30. The highest BCUT2D eigenvalue weighted by Crippen LogP contribution is 2.03. The molecule has 3 nitrogen and oxygen atoms in total. The van der Waals surface area contributed by atoms with Crippen LogP contribution in [-0.4, -0.2) is 24.3 Å². The molecule has 64 valence electrons. The minimum atomic E-state index is -0.286. The van der Waals surface area contributed by atoms with Crippen molar-refractivity contribution in [2.45, 2.75) is 13.3 Å². The molecular weight excluding hydrogens is 144 g/mol. The second-order valence-corrected chi connectivity index (χ2v) is 2.19. The lowest BCUT2D eigenvalue weighted by Crippen LogP contribution is -2.12. The summed E-state index contributed by atoms with van der Waals surface area (Å²) >= 11 is 0. The zero-order chi connectivity index (χ0) is 8.69. The van der Waals surface area contributed by atoms with Crippen LogP contribution in [0.1, 0.15) is 13.3 Å². The van der Waals surface area contributed by atoms with E-state index in [1.807, 2.05) is 0 Å². The Morgan fingerprint density at radius 2 is 2.45 bits per heavy atom. The molecule has 1 unspecified atom stereocenters. The van der Waals surface area contributed by atoms with Crippen LogP contribution in [0.2, 0.25) is 0 Å². The summed E-state index contributed by atoms with van der Waals surface area (Å²) in [5.41, 5.74) is 0. The maximum absolute atomic E-state index is 10.8. The second-order valence-electron chi connectivity index (χ2n) is 2.19. The first-order chi connectivity index (χ1) is 5.24. The number of aliphatic hydroxyl groups excluding tert-OH is 1. The Kier molecular flexibility index (Phi) is 5.47. The van der Waals surface area contributed by atoms with Gasteiger partial charge in [-0.05, 0) is 6.92 Å². The van der Waals surface area contributed by atoms with Crippen LogP contribution in [0.15, 0.2) is 12.7 Å². The molecule has 0 heterocycles. The highest BCUT2D eigenvalue weighted by atomic mass is 16.5. The van der Waals surface area contributed by atoms with Crippen molar-refractivity contribution in [2.75, 3.05) is 13.2 Å². The maximum Gasteiger partial charge on any atom is 0.306 e. The van der Waals surface area contributed by atoms with Crippen molar-refractivity contribution in [3.05, 3.63) is 12.7 Å². The van der Waals surface area contributed by atoms with Crippen LogP contribution < -0.4 is 0 Å². The normalized spacial score (nSPS) is 12.2. The van der Waals surface area contributed by atoms with Crippen molar-refractivity contribution in [3.63, 3.8) is 0 Å². The zero-order valence-electron chi connectivity index (χ0n) is 6.75. The van der Waals surface area contributed by atoms with E-state index in [0.717, 1.165) is 0 Å². The number of esters is 1. The monoisotopic (exact) mass is 158 g/mol. The summed E-state index contributed by atoms with van der Waals surface area (Å²) in [6.45, 7) is 5.56. The number of aliphatic hydroxyl groups is 1. The van der Waals surface area contributed by atoms with Gasteiger partial charge < -0.3 is 9.84 Å². The highest BCUT2D eigenvalue weighted by Gasteiger charge is 2.09. The molecule has 0 aliphatic rings. The van der Waals surface area contributed by atoms with Gasteiger partial charge in [0.05, 0.1) is 13.0 Å². The summed E-state index contributed by atoms with van der Waals surface area (Å²) in [5, 5.41) is 8.66. The van der Waals surface area contributed by atoms with Gasteiger partial charge in [0.15, 0.2) is 0 Å². The van der Waals surface area contributed by atoms with Crippen molar-refractivity contribution >= 4 is 5.97 Å². The first kappa shape index (κ1) is 10.2. The fourth-order valence-electron chi connectivity index (χ4n) is 0.656. The van der Waals surface area contributed by atoms with Crippen LogP contribution in [0.4, 0.5) is 0 Å². The van der Waals surface area contributed by atoms with E-state index in [4.69, 9.17) is 5.11 Å². The van der Waals surface area contributed by atoms with Gasteiger partial charge in [-0.1, -0.05) is 6.08 Å². The summed E-state index contributed by atoms with van der Waals surface area (Å²) in [4.78, 5) is 10.8. The van der Waals surface area contributed by atoms with Crippen LogP contribution in [0.25, 0.3) is 0 Å². The van der Waals surface area contributed by atoms with Crippen LogP contribution in [-0.2, 0) is 9.53 Å². The molecule has 0 aliphatic carbocycles. The second kappa shape index (κ2) is 5.92. The quantitative estimate of drug-likeness (QED) is 0.474. The average Bonchev–Trinajstić information content (AvgIpc) is 2.01. The van der Waals surface area contributed by atoms with Gasteiger partial charge in [0, 0.05) is 12.5 Å². The minimum Gasteiger partial charge on any atom is -0.466 e. The lowest BCUT2D eigenvalue weighted by molar-refractivity contribution is -0.144. The molecule has 0 rings (SSSR count). The fraction of sp³-hybridized carbons (Fsp3) is 0.625. The van der Waals surface area contributed by atoms with Gasteiger partial charge in [-0.3, -0.25) is 4.79 Å². The number of ether oxygens (including phenoxy) is 1. The number of hydrogen-bond acceptors (Lipinski definition) is 3. The maximum atomic E-state index is 10.8. The van der Waals surface area contributed by atoms with Gasteiger partial charge in [0.25, 0.3) is 0 Å². The Hall–Kier alpha value is -0.830. The van der Waals surface area contributed by atoms with Crippen LogP contribution in [0.3, 0.4) is 0 Å². The molecule has 3 heteroatoms. The molecule has 11 heavy (non-hydrogen) atoms. The standard InChI is InChI=1S/C8H14O3/c1-3-7(6-9)5-8(10)11-4-2/h3,7,9H,1,4-6H2,2H3. The van der Waals surface area contributed by atoms with Gasteiger partial charge in [-0.15, -0.1) is 6.58 Å². The fourth-order valence-corrected chi connectivity index (χ4v) is 0.656. The highest BCUT2D eigenvalue weighted by molar-refractivity contribution is 5.69. The molecule has 0 radical (unpaired) electrons. The van der Waals surface area contributed by atoms with Crippen molar-refractivity contribution in [2.24, 2.45) is 5.92 Å².